The third-order valence-corrected chi connectivity index (χ3v) is 3.15. The zero-order valence-electron chi connectivity index (χ0n) is 11.6. The molecule has 0 atom stereocenters. The van der Waals surface area contributed by atoms with E-state index in [0.29, 0.717) is 5.92 Å². The highest BCUT2D eigenvalue weighted by atomic mass is 14.1. The van der Waals surface area contributed by atoms with Crippen LogP contribution in [0.15, 0.2) is 61.7 Å². The average Bonchev–Trinajstić information content (AvgIpc) is 2.42. The van der Waals surface area contributed by atoms with Crippen LogP contribution in [0, 0.1) is 13.8 Å². The lowest BCUT2D eigenvalue weighted by Gasteiger charge is -2.12. The summed E-state index contributed by atoms with van der Waals surface area (Å²) in [7, 11) is 0. The molecule has 0 nitrogen and oxygen atoms in total. The van der Waals surface area contributed by atoms with E-state index in [-0.39, 0.29) is 0 Å². The topological polar surface area (TPSA) is 0 Å². The maximum absolute atomic E-state index is 3.00. The van der Waals surface area contributed by atoms with E-state index in [1.807, 2.05) is 0 Å². The normalized spacial score (nSPS) is 9.78. The predicted octanol–water partition coefficient (Wildman–Crippen LogP) is 5.26. The first-order chi connectivity index (χ1) is 8.66. The largest absolute Gasteiger partial charge is 0.106 e. The molecule has 2 aromatic carbocycles. The number of aryl methyl sites for hydroxylation is 2. The van der Waals surface area contributed by atoms with Crippen molar-refractivity contribution in [1.82, 2.24) is 0 Å². The average molecular weight is 238 g/mol. The second-order valence-corrected chi connectivity index (χ2v) is 4.54. The minimum atomic E-state index is 0.473. The van der Waals surface area contributed by atoms with E-state index in [2.05, 4.69) is 82.5 Å². The van der Waals surface area contributed by atoms with Crippen molar-refractivity contribution >= 4 is 0 Å². The molecule has 0 aromatic heterocycles. The van der Waals surface area contributed by atoms with E-state index >= 15 is 0 Å². The first kappa shape index (κ1) is 14.2. The van der Waals surface area contributed by atoms with Crippen LogP contribution in [0.5, 0.6) is 0 Å². The van der Waals surface area contributed by atoms with Gasteiger partial charge in [-0.25, -0.2) is 0 Å². The fourth-order valence-corrected chi connectivity index (χ4v) is 1.90. The molecule has 0 spiro atoms. The Bertz CT molecular complexity index is 417. The second kappa shape index (κ2) is 6.80. The molecule has 94 valence electrons. The Morgan fingerprint density at radius 2 is 0.944 bits per heavy atom. The van der Waals surface area contributed by atoms with Gasteiger partial charge in [0.15, 0.2) is 0 Å². The molecule has 0 fully saturated rings. The highest BCUT2D eigenvalue weighted by Crippen LogP contribution is 2.24. The molecule has 0 heterocycles. The minimum Gasteiger partial charge on any atom is -0.106 e. The first-order valence-electron chi connectivity index (χ1n) is 6.30. The number of rotatable bonds is 2. The van der Waals surface area contributed by atoms with Gasteiger partial charge in [-0.2, -0.15) is 0 Å². The van der Waals surface area contributed by atoms with Crippen LogP contribution < -0.4 is 0 Å². The molecule has 0 aliphatic heterocycles. The van der Waals surface area contributed by atoms with Crippen molar-refractivity contribution in [2.45, 2.75) is 26.7 Å². The smallest absolute Gasteiger partial charge is 0.00610 e. The monoisotopic (exact) mass is 238 g/mol. The Morgan fingerprint density at radius 3 is 1.22 bits per heavy atom. The lowest BCUT2D eigenvalue weighted by Crippen LogP contribution is -1.95. The van der Waals surface area contributed by atoms with Crippen LogP contribution in [0.1, 0.15) is 35.1 Å². The molecule has 18 heavy (non-hydrogen) atoms. The van der Waals surface area contributed by atoms with Crippen LogP contribution in [0.4, 0.5) is 0 Å². The lowest BCUT2D eigenvalue weighted by molar-refractivity contribution is 0.920. The van der Waals surface area contributed by atoms with E-state index in [1.165, 1.54) is 22.3 Å². The van der Waals surface area contributed by atoms with Crippen LogP contribution in [0.3, 0.4) is 0 Å². The summed E-state index contributed by atoms with van der Waals surface area (Å²) in [6, 6.07) is 17.6. The van der Waals surface area contributed by atoms with Crippen LogP contribution in [0.25, 0.3) is 0 Å². The summed E-state index contributed by atoms with van der Waals surface area (Å²) in [4.78, 5) is 0. The summed E-state index contributed by atoms with van der Waals surface area (Å²) in [6.45, 7) is 12.5. The van der Waals surface area contributed by atoms with Crippen molar-refractivity contribution in [3.63, 3.8) is 0 Å². The molecule has 0 unspecified atom stereocenters. The Balaban J connectivity index is 0.000000771. The van der Waals surface area contributed by atoms with Gasteiger partial charge in [0.1, 0.15) is 0 Å². The zero-order chi connectivity index (χ0) is 13.5. The quantitative estimate of drug-likeness (QED) is 0.626. The maximum Gasteiger partial charge on any atom is 0.00610 e. The van der Waals surface area contributed by atoms with Gasteiger partial charge < -0.3 is 0 Å². The summed E-state index contributed by atoms with van der Waals surface area (Å²) in [5, 5.41) is 0. The number of hydrogen-bond acceptors (Lipinski definition) is 0. The van der Waals surface area contributed by atoms with Crippen LogP contribution in [-0.4, -0.2) is 0 Å². The van der Waals surface area contributed by atoms with Gasteiger partial charge in [-0.1, -0.05) is 66.6 Å². The Labute approximate surface area is 111 Å². The molecule has 2 rings (SSSR count). The van der Waals surface area contributed by atoms with Crippen molar-refractivity contribution in [3.8, 4) is 0 Å². The SMILES string of the molecule is C=C.Cc1ccc(C(C)c2ccc(C)cc2)cc1. The molecule has 0 saturated heterocycles. The molecule has 0 aliphatic rings. The molecule has 0 amide bonds. The number of hydrogen-bond donors (Lipinski definition) is 0. The molecule has 0 aliphatic carbocycles. The summed E-state index contributed by atoms with van der Waals surface area (Å²) in [5.41, 5.74) is 5.41. The molecular weight excluding hydrogens is 216 g/mol. The molecule has 2 aromatic rings. The van der Waals surface area contributed by atoms with Gasteiger partial charge >= 0.3 is 0 Å². The van der Waals surface area contributed by atoms with Gasteiger partial charge in [0.2, 0.25) is 0 Å². The minimum absolute atomic E-state index is 0.473. The van der Waals surface area contributed by atoms with Crippen molar-refractivity contribution in [2.24, 2.45) is 0 Å². The van der Waals surface area contributed by atoms with E-state index < -0.39 is 0 Å². The maximum atomic E-state index is 3.00. The third kappa shape index (κ3) is 3.59. The van der Waals surface area contributed by atoms with E-state index in [1.54, 1.807) is 0 Å². The summed E-state index contributed by atoms with van der Waals surface area (Å²) in [6.07, 6.45) is 0. The lowest BCUT2D eigenvalue weighted by atomic mass is 9.92. The predicted molar refractivity (Wildman–Crippen MR) is 81.1 cm³/mol. The second-order valence-electron chi connectivity index (χ2n) is 4.54. The fourth-order valence-electron chi connectivity index (χ4n) is 1.90. The van der Waals surface area contributed by atoms with Crippen molar-refractivity contribution < 1.29 is 0 Å². The molecule has 0 N–H and O–H groups in total. The zero-order valence-corrected chi connectivity index (χ0v) is 11.6. The van der Waals surface area contributed by atoms with Gasteiger partial charge in [0.25, 0.3) is 0 Å². The van der Waals surface area contributed by atoms with Crippen LogP contribution >= 0.6 is 0 Å². The highest BCUT2D eigenvalue weighted by Gasteiger charge is 2.07. The molecule has 0 heteroatoms. The van der Waals surface area contributed by atoms with Gasteiger partial charge in [-0.15, -0.1) is 13.2 Å². The van der Waals surface area contributed by atoms with E-state index in [9.17, 15) is 0 Å². The van der Waals surface area contributed by atoms with Crippen molar-refractivity contribution in [1.29, 1.82) is 0 Å². The van der Waals surface area contributed by atoms with Gasteiger partial charge in [-0.3, -0.25) is 0 Å². The fraction of sp³-hybridized carbons (Fsp3) is 0.222. The van der Waals surface area contributed by atoms with Crippen LogP contribution in [0.2, 0.25) is 0 Å². The van der Waals surface area contributed by atoms with Gasteiger partial charge in [0.05, 0.1) is 0 Å². The standard InChI is InChI=1S/C16H18.C2H4/c1-12-4-8-15(9-5-12)14(3)16-10-6-13(2)7-11-16;1-2/h4-11,14H,1-3H3;1-2H2. The Morgan fingerprint density at radius 1 is 0.667 bits per heavy atom. The Kier molecular flexibility index (Phi) is 5.38. The first-order valence-corrected chi connectivity index (χ1v) is 6.30. The Hall–Kier alpha value is -1.82. The van der Waals surface area contributed by atoms with Crippen LogP contribution in [-0.2, 0) is 0 Å². The number of benzene rings is 2. The highest BCUT2D eigenvalue weighted by molar-refractivity contribution is 5.34. The van der Waals surface area contributed by atoms with Crippen molar-refractivity contribution in [3.05, 3.63) is 83.9 Å². The molecule has 0 saturated carbocycles. The molecule has 0 radical (unpaired) electrons. The third-order valence-electron chi connectivity index (χ3n) is 3.15. The summed E-state index contributed by atoms with van der Waals surface area (Å²) < 4.78 is 0. The van der Waals surface area contributed by atoms with E-state index in [4.69, 9.17) is 0 Å². The summed E-state index contributed by atoms with van der Waals surface area (Å²) in [5.74, 6) is 0.473. The van der Waals surface area contributed by atoms with Crippen molar-refractivity contribution in [2.75, 3.05) is 0 Å². The summed E-state index contributed by atoms with van der Waals surface area (Å²) >= 11 is 0. The molecular formula is C18H22. The van der Waals surface area contributed by atoms with Gasteiger partial charge in [-0.05, 0) is 25.0 Å². The van der Waals surface area contributed by atoms with E-state index in [0.717, 1.165) is 0 Å². The van der Waals surface area contributed by atoms with Gasteiger partial charge in [0, 0.05) is 5.92 Å². The molecule has 0 bridgehead atoms.